The van der Waals surface area contributed by atoms with Crippen LogP contribution in [0.1, 0.15) is 32.1 Å². The Morgan fingerprint density at radius 2 is 2.38 bits per heavy atom. The summed E-state index contributed by atoms with van der Waals surface area (Å²) in [6, 6.07) is 0.354. The van der Waals surface area contributed by atoms with Gasteiger partial charge in [0.15, 0.2) is 0 Å². The minimum absolute atomic E-state index is 0.354. The van der Waals surface area contributed by atoms with Crippen LogP contribution < -0.4 is 5.73 Å². The van der Waals surface area contributed by atoms with E-state index in [1.54, 1.807) is 6.20 Å². The van der Waals surface area contributed by atoms with Crippen molar-refractivity contribution in [2.45, 2.75) is 50.8 Å². The summed E-state index contributed by atoms with van der Waals surface area (Å²) in [5.74, 6) is 0. The maximum atomic E-state index is 5.91. The Kier molecular flexibility index (Phi) is 4.36. The minimum atomic E-state index is 0.354. The molecule has 4 nitrogen and oxygen atoms in total. The molecule has 1 aromatic heterocycles. The maximum Gasteiger partial charge on any atom is 0.0945 e. The molecule has 1 aromatic rings. The van der Waals surface area contributed by atoms with Crippen LogP contribution in [-0.2, 0) is 11.3 Å². The topological polar surface area (TPSA) is 53.1 Å². The van der Waals surface area contributed by atoms with Gasteiger partial charge < -0.3 is 15.0 Å². The van der Waals surface area contributed by atoms with Crippen molar-refractivity contribution in [3.63, 3.8) is 0 Å². The predicted octanol–water partition coefficient (Wildman–Crippen LogP) is 1.56. The molecule has 0 aliphatic heterocycles. The number of aromatic nitrogens is 2. The lowest BCUT2D eigenvalue weighted by molar-refractivity contribution is 0.0209. The van der Waals surface area contributed by atoms with Gasteiger partial charge in [0.25, 0.3) is 0 Å². The average Bonchev–Trinajstić information content (AvgIpc) is 2.77. The van der Waals surface area contributed by atoms with Crippen molar-refractivity contribution in [3.05, 3.63) is 18.7 Å². The predicted molar refractivity (Wildman–Crippen MR) is 63.0 cm³/mol. The maximum absolute atomic E-state index is 5.91. The molecule has 1 fully saturated rings. The van der Waals surface area contributed by atoms with Crippen LogP contribution in [0.3, 0.4) is 0 Å². The Morgan fingerprint density at radius 3 is 3.12 bits per heavy atom. The molecular weight excluding hydrogens is 202 g/mol. The lowest BCUT2D eigenvalue weighted by Crippen LogP contribution is -2.32. The van der Waals surface area contributed by atoms with E-state index in [9.17, 15) is 0 Å². The molecule has 2 unspecified atom stereocenters. The summed E-state index contributed by atoms with van der Waals surface area (Å²) in [5.41, 5.74) is 5.91. The van der Waals surface area contributed by atoms with Gasteiger partial charge in [-0.3, -0.25) is 0 Å². The standard InChI is InChI=1S/C12H21N3O/c13-11-3-1-4-12(9-11)16-8-2-6-15-7-5-14-10-15/h5,7,10-12H,1-4,6,8-9,13H2. The van der Waals surface area contributed by atoms with Gasteiger partial charge in [-0.15, -0.1) is 0 Å². The molecule has 4 heteroatoms. The van der Waals surface area contributed by atoms with E-state index in [2.05, 4.69) is 9.55 Å². The molecule has 1 heterocycles. The van der Waals surface area contributed by atoms with E-state index in [1.165, 1.54) is 12.8 Å². The van der Waals surface area contributed by atoms with Gasteiger partial charge in [-0.05, 0) is 32.1 Å². The van der Waals surface area contributed by atoms with Gasteiger partial charge in [-0.1, -0.05) is 0 Å². The highest BCUT2D eigenvalue weighted by Crippen LogP contribution is 2.19. The molecule has 0 amide bonds. The fourth-order valence-corrected chi connectivity index (χ4v) is 2.25. The van der Waals surface area contributed by atoms with Gasteiger partial charge >= 0.3 is 0 Å². The van der Waals surface area contributed by atoms with Crippen molar-refractivity contribution in [1.82, 2.24) is 9.55 Å². The fourth-order valence-electron chi connectivity index (χ4n) is 2.25. The number of hydrogen-bond acceptors (Lipinski definition) is 3. The third-order valence-corrected chi connectivity index (χ3v) is 3.14. The first kappa shape index (κ1) is 11.6. The summed E-state index contributed by atoms with van der Waals surface area (Å²) in [4.78, 5) is 4.01. The van der Waals surface area contributed by atoms with Crippen molar-refractivity contribution < 1.29 is 4.74 Å². The van der Waals surface area contributed by atoms with Crippen LogP contribution in [-0.4, -0.2) is 28.3 Å². The van der Waals surface area contributed by atoms with Crippen molar-refractivity contribution in [1.29, 1.82) is 0 Å². The summed E-state index contributed by atoms with van der Waals surface area (Å²) < 4.78 is 7.92. The van der Waals surface area contributed by atoms with Gasteiger partial charge in [0.05, 0.1) is 12.4 Å². The SMILES string of the molecule is NC1CCCC(OCCCn2ccnc2)C1. The zero-order valence-corrected chi connectivity index (χ0v) is 9.72. The van der Waals surface area contributed by atoms with Crippen LogP contribution >= 0.6 is 0 Å². The molecule has 0 radical (unpaired) electrons. The van der Waals surface area contributed by atoms with E-state index in [1.807, 2.05) is 12.5 Å². The smallest absolute Gasteiger partial charge is 0.0945 e. The minimum Gasteiger partial charge on any atom is -0.378 e. The Balaban J connectivity index is 1.57. The molecule has 1 saturated carbocycles. The molecule has 2 atom stereocenters. The van der Waals surface area contributed by atoms with Gasteiger partial charge in [0.2, 0.25) is 0 Å². The van der Waals surface area contributed by atoms with Crippen LogP contribution in [0, 0.1) is 0 Å². The lowest BCUT2D eigenvalue weighted by Gasteiger charge is -2.26. The zero-order chi connectivity index (χ0) is 11.2. The van der Waals surface area contributed by atoms with Crippen LogP contribution in [0.2, 0.25) is 0 Å². The number of ether oxygens (including phenoxy) is 1. The second-order valence-electron chi connectivity index (χ2n) is 4.57. The molecular formula is C12H21N3O. The first-order valence-corrected chi connectivity index (χ1v) is 6.17. The quantitative estimate of drug-likeness (QED) is 0.771. The molecule has 0 aromatic carbocycles. The van der Waals surface area contributed by atoms with Crippen LogP contribution in [0.15, 0.2) is 18.7 Å². The molecule has 0 spiro atoms. The molecule has 1 aliphatic carbocycles. The Morgan fingerprint density at radius 1 is 1.44 bits per heavy atom. The third kappa shape index (κ3) is 3.61. The lowest BCUT2D eigenvalue weighted by atomic mass is 9.94. The second kappa shape index (κ2) is 6.01. The van der Waals surface area contributed by atoms with Crippen molar-refractivity contribution in [2.24, 2.45) is 5.73 Å². The van der Waals surface area contributed by atoms with E-state index in [0.29, 0.717) is 12.1 Å². The van der Waals surface area contributed by atoms with Crippen LogP contribution in [0.4, 0.5) is 0 Å². The van der Waals surface area contributed by atoms with Crippen molar-refractivity contribution in [3.8, 4) is 0 Å². The molecule has 0 saturated heterocycles. The van der Waals surface area contributed by atoms with Gasteiger partial charge in [0, 0.05) is 31.6 Å². The molecule has 16 heavy (non-hydrogen) atoms. The largest absolute Gasteiger partial charge is 0.378 e. The van der Waals surface area contributed by atoms with E-state index >= 15 is 0 Å². The second-order valence-corrected chi connectivity index (χ2v) is 4.57. The highest BCUT2D eigenvalue weighted by molar-refractivity contribution is 4.76. The van der Waals surface area contributed by atoms with Crippen molar-refractivity contribution >= 4 is 0 Å². The number of aryl methyl sites for hydroxylation is 1. The molecule has 0 bridgehead atoms. The summed E-state index contributed by atoms with van der Waals surface area (Å²) in [6.07, 6.45) is 11.7. The summed E-state index contributed by atoms with van der Waals surface area (Å²) in [7, 11) is 0. The number of nitrogens with two attached hydrogens (primary N) is 1. The normalized spacial score (nSPS) is 25.8. The van der Waals surface area contributed by atoms with Gasteiger partial charge in [-0.2, -0.15) is 0 Å². The number of imidazole rings is 1. The van der Waals surface area contributed by atoms with E-state index in [0.717, 1.165) is 32.4 Å². The summed E-state index contributed by atoms with van der Waals surface area (Å²) >= 11 is 0. The molecule has 2 rings (SSSR count). The number of hydrogen-bond donors (Lipinski definition) is 1. The van der Waals surface area contributed by atoms with Crippen LogP contribution in [0.5, 0.6) is 0 Å². The van der Waals surface area contributed by atoms with E-state index < -0.39 is 0 Å². The molecule has 90 valence electrons. The average molecular weight is 223 g/mol. The number of rotatable bonds is 5. The number of nitrogens with zero attached hydrogens (tertiary/aromatic N) is 2. The molecule has 1 aliphatic rings. The van der Waals surface area contributed by atoms with Crippen LogP contribution in [0.25, 0.3) is 0 Å². The Hall–Kier alpha value is -0.870. The summed E-state index contributed by atoms with van der Waals surface area (Å²) in [5, 5.41) is 0. The fraction of sp³-hybridized carbons (Fsp3) is 0.750. The zero-order valence-electron chi connectivity index (χ0n) is 9.72. The highest BCUT2D eigenvalue weighted by atomic mass is 16.5. The first-order valence-electron chi connectivity index (χ1n) is 6.17. The Labute approximate surface area is 96.8 Å². The highest BCUT2D eigenvalue weighted by Gasteiger charge is 2.19. The first-order chi connectivity index (χ1) is 7.84. The monoisotopic (exact) mass is 223 g/mol. The van der Waals surface area contributed by atoms with Crippen molar-refractivity contribution in [2.75, 3.05) is 6.61 Å². The third-order valence-electron chi connectivity index (χ3n) is 3.14. The molecule has 2 N–H and O–H groups in total. The van der Waals surface area contributed by atoms with Gasteiger partial charge in [0.1, 0.15) is 0 Å². The Bertz CT molecular complexity index is 286. The van der Waals surface area contributed by atoms with Gasteiger partial charge in [-0.25, -0.2) is 4.98 Å². The van der Waals surface area contributed by atoms with E-state index in [-0.39, 0.29) is 0 Å². The summed E-state index contributed by atoms with van der Waals surface area (Å²) in [6.45, 7) is 1.81. The van der Waals surface area contributed by atoms with E-state index in [4.69, 9.17) is 10.5 Å².